The molecule has 2 aliphatic rings. The van der Waals surface area contributed by atoms with Crippen molar-refractivity contribution < 1.29 is 33.3 Å². The molecule has 13 nitrogen and oxygen atoms in total. The van der Waals surface area contributed by atoms with Crippen molar-refractivity contribution in [3.63, 3.8) is 0 Å². The van der Waals surface area contributed by atoms with Crippen LogP contribution in [0.25, 0.3) is 32.9 Å². The maximum Gasteiger partial charge on any atom is 0.255 e. The summed E-state index contributed by atoms with van der Waals surface area (Å²) in [4.78, 5) is 39.3. The molecule has 2 aliphatic heterocycles. The molecule has 1 atom stereocenters. The van der Waals surface area contributed by atoms with E-state index in [2.05, 4.69) is 50.4 Å². The first-order valence-electron chi connectivity index (χ1n) is 18.0. The van der Waals surface area contributed by atoms with Crippen molar-refractivity contribution in [3.05, 3.63) is 96.6 Å². The fourth-order valence-electron chi connectivity index (χ4n) is 6.62. The summed E-state index contributed by atoms with van der Waals surface area (Å²) in [7, 11) is 0. The number of hydrogen-bond acceptors (Lipinski definition) is 10. The Balaban J connectivity index is 0.689. The number of piperidine rings is 1. The van der Waals surface area contributed by atoms with E-state index in [4.69, 9.17) is 23.7 Å². The molecule has 0 bridgehead atoms. The van der Waals surface area contributed by atoms with Gasteiger partial charge >= 0.3 is 0 Å². The van der Waals surface area contributed by atoms with Gasteiger partial charge in [-0.3, -0.25) is 14.6 Å². The fourth-order valence-corrected chi connectivity index (χ4v) is 6.62. The number of rotatable bonds is 19. The van der Waals surface area contributed by atoms with Crippen LogP contribution in [-0.2, 0) is 30.3 Å². The maximum absolute atomic E-state index is 13.0. The van der Waals surface area contributed by atoms with E-state index in [9.17, 15) is 9.59 Å². The van der Waals surface area contributed by atoms with Crippen LogP contribution in [-0.4, -0.2) is 104 Å². The van der Waals surface area contributed by atoms with Crippen molar-refractivity contribution in [2.24, 2.45) is 0 Å². The number of carbonyl (C=O) groups is 2. The van der Waals surface area contributed by atoms with Gasteiger partial charge in [0, 0.05) is 87.6 Å². The van der Waals surface area contributed by atoms with Gasteiger partial charge in [-0.05, 0) is 48.7 Å². The smallest absolute Gasteiger partial charge is 0.255 e. The van der Waals surface area contributed by atoms with E-state index in [1.807, 2.05) is 48.8 Å². The first-order valence-corrected chi connectivity index (χ1v) is 18.0. The number of hydrogen-bond donors (Lipinski definition) is 3. The molecule has 5 aromatic rings. The van der Waals surface area contributed by atoms with Crippen LogP contribution in [0.5, 0.6) is 5.88 Å². The lowest BCUT2D eigenvalue weighted by atomic mass is 10.0. The standard InChI is InChI=1S/C40H44N6O7/c1-27-5-9-37(39(47)44-27)46-26-33-31(40(46)48)3-2-4-34(33)42-13-14-49-15-16-50-17-18-51-19-20-52-21-22-53-38-10-7-29(24-43-38)28-6-8-30-32-25-41-12-11-35(32)45-36(30)23-28/h2-4,6-8,10-12,23-25,37,42,45H,1,5,9,13-22,26H2,(H,44,47). The van der Waals surface area contributed by atoms with Crippen molar-refractivity contribution >= 4 is 39.3 Å². The predicted molar refractivity (Wildman–Crippen MR) is 201 cm³/mol. The number of allylic oxidation sites excluding steroid dienone is 1. The number of benzene rings is 2. The number of nitrogens with zero attached hydrogens (tertiary/aromatic N) is 3. The van der Waals surface area contributed by atoms with Crippen molar-refractivity contribution in [1.82, 2.24) is 25.2 Å². The third-order valence-corrected chi connectivity index (χ3v) is 9.32. The van der Waals surface area contributed by atoms with Gasteiger partial charge in [0.25, 0.3) is 5.91 Å². The van der Waals surface area contributed by atoms with Gasteiger partial charge in [0.2, 0.25) is 11.8 Å². The summed E-state index contributed by atoms with van der Waals surface area (Å²) in [6, 6.07) is 17.3. The molecule has 3 aromatic heterocycles. The number of aromatic nitrogens is 3. The van der Waals surface area contributed by atoms with Crippen molar-refractivity contribution in [1.29, 1.82) is 0 Å². The molecule has 53 heavy (non-hydrogen) atoms. The number of aromatic amines is 1. The second-order valence-electron chi connectivity index (χ2n) is 12.8. The Bertz CT molecular complexity index is 2050. The summed E-state index contributed by atoms with van der Waals surface area (Å²) in [5.74, 6) is 0.266. The molecule has 1 saturated heterocycles. The van der Waals surface area contributed by atoms with Gasteiger partial charge in [-0.15, -0.1) is 0 Å². The van der Waals surface area contributed by atoms with Gasteiger partial charge in [-0.2, -0.15) is 0 Å². The van der Waals surface area contributed by atoms with Crippen molar-refractivity contribution in [3.8, 4) is 17.0 Å². The van der Waals surface area contributed by atoms with Crippen LogP contribution in [0.4, 0.5) is 5.69 Å². The molecule has 5 heterocycles. The number of fused-ring (bicyclic) bond motifs is 4. The van der Waals surface area contributed by atoms with Gasteiger partial charge in [-0.1, -0.05) is 24.8 Å². The van der Waals surface area contributed by atoms with Crippen LogP contribution < -0.4 is 15.4 Å². The summed E-state index contributed by atoms with van der Waals surface area (Å²) in [6.07, 6.45) is 6.74. The molecular formula is C40H44N6O7. The van der Waals surface area contributed by atoms with E-state index in [0.29, 0.717) is 103 Å². The number of H-pyrrole nitrogens is 1. The van der Waals surface area contributed by atoms with Crippen LogP contribution in [0.2, 0.25) is 0 Å². The summed E-state index contributed by atoms with van der Waals surface area (Å²) in [5.41, 5.74) is 7.33. The third kappa shape index (κ3) is 8.83. The molecule has 1 fully saturated rings. The highest BCUT2D eigenvalue weighted by Crippen LogP contribution is 2.33. The fraction of sp³-hybridized carbons (Fsp3) is 0.350. The summed E-state index contributed by atoms with van der Waals surface area (Å²) in [6.45, 7) is 8.89. The van der Waals surface area contributed by atoms with E-state index in [-0.39, 0.29) is 11.8 Å². The number of amides is 2. The Hall–Kier alpha value is -5.34. The van der Waals surface area contributed by atoms with Crippen LogP contribution in [0.3, 0.4) is 0 Å². The highest BCUT2D eigenvalue weighted by atomic mass is 16.6. The van der Waals surface area contributed by atoms with Crippen LogP contribution in [0.1, 0.15) is 28.8 Å². The molecule has 13 heteroatoms. The van der Waals surface area contributed by atoms with Crippen LogP contribution in [0.15, 0.2) is 85.5 Å². The zero-order valence-corrected chi connectivity index (χ0v) is 29.6. The predicted octanol–water partition coefficient (Wildman–Crippen LogP) is 5.08. The lowest BCUT2D eigenvalue weighted by molar-refractivity contribution is -0.126. The Morgan fingerprint density at radius 2 is 1.57 bits per heavy atom. The molecule has 276 valence electrons. The monoisotopic (exact) mass is 720 g/mol. The SMILES string of the molecule is C=C1CCC(N2Cc3c(NCCOCCOCCOCCOCCOc4ccc(-c5ccc6c(c5)[nH]c5ccncc56)cn4)cccc3C2=O)C(=O)N1. The minimum Gasteiger partial charge on any atom is -0.475 e. The molecule has 7 rings (SSSR count). The normalized spacial score (nSPS) is 15.7. The van der Waals surface area contributed by atoms with E-state index >= 15 is 0 Å². The molecule has 1 unspecified atom stereocenters. The van der Waals surface area contributed by atoms with Gasteiger partial charge in [0.15, 0.2) is 0 Å². The van der Waals surface area contributed by atoms with Crippen LogP contribution in [0, 0.1) is 0 Å². The first kappa shape index (κ1) is 36.0. The Morgan fingerprint density at radius 1 is 0.811 bits per heavy atom. The largest absolute Gasteiger partial charge is 0.475 e. The molecule has 0 spiro atoms. The Kier molecular flexibility index (Phi) is 11.9. The van der Waals surface area contributed by atoms with E-state index in [1.165, 1.54) is 0 Å². The van der Waals surface area contributed by atoms with Crippen molar-refractivity contribution in [2.75, 3.05) is 71.3 Å². The highest BCUT2D eigenvalue weighted by molar-refractivity contribution is 6.07. The second-order valence-corrected chi connectivity index (χ2v) is 12.8. The minimum absolute atomic E-state index is 0.113. The molecule has 0 saturated carbocycles. The summed E-state index contributed by atoms with van der Waals surface area (Å²) >= 11 is 0. The van der Waals surface area contributed by atoms with Crippen molar-refractivity contribution in [2.45, 2.75) is 25.4 Å². The van der Waals surface area contributed by atoms with Gasteiger partial charge in [-0.25, -0.2) is 4.98 Å². The van der Waals surface area contributed by atoms with E-state index < -0.39 is 6.04 Å². The van der Waals surface area contributed by atoms with E-state index in [0.717, 1.165) is 44.2 Å². The van der Waals surface area contributed by atoms with E-state index in [1.54, 1.807) is 11.1 Å². The molecule has 0 aliphatic carbocycles. The Morgan fingerprint density at radius 3 is 2.32 bits per heavy atom. The lowest BCUT2D eigenvalue weighted by Gasteiger charge is -2.31. The summed E-state index contributed by atoms with van der Waals surface area (Å²) in [5, 5.41) is 8.41. The highest BCUT2D eigenvalue weighted by Gasteiger charge is 2.38. The number of carbonyl (C=O) groups excluding carboxylic acids is 2. The van der Waals surface area contributed by atoms with Crippen LogP contribution >= 0.6 is 0 Å². The Labute approximate surface area is 307 Å². The van der Waals surface area contributed by atoms with Gasteiger partial charge < -0.3 is 44.2 Å². The van der Waals surface area contributed by atoms with Gasteiger partial charge in [0.1, 0.15) is 12.6 Å². The first-order chi connectivity index (χ1) is 26.0. The topological polar surface area (TPSA) is 149 Å². The quantitative estimate of drug-likeness (QED) is 0.0987. The minimum atomic E-state index is -0.478. The number of nitrogens with one attached hydrogen (secondary N) is 3. The third-order valence-electron chi connectivity index (χ3n) is 9.32. The molecule has 0 radical (unpaired) electrons. The zero-order valence-electron chi connectivity index (χ0n) is 29.6. The molecule has 2 aromatic carbocycles. The molecular weight excluding hydrogens is 676 g/mol. The zero-order chi connectivity index (χ0) is 36.4. The number of pyridine rings is 2. The average molecular weight is 721 g/mol. The average Bonchev–Trinajstić information content (AvgIpc) is 3.72. The number of ether oxygens (including phenoxy) is 5. The van der Waals surface area contributed by atoms with Gasteiger partial charge in [0.05, 0.1) is 52.9 Å². The number of anilines is 1. The maximum atomic E-state index is 13.0. The molecule has 3 N–H and O–H groups in total. The lowest BCUT2D eigenvalue weighted by Crippen LogP contribution is -2.49. The second kappa shape index (κ2) is 17.5. The summed E-state index contributed by atoms with van der Waals surface area (Å²) < 4.78 is 28.2. The molecule has 2 amide bonds.